The van der Waals surface area contributed by atoms with Gasteiger partial charge in [0.1, 0.15) is 11.6 Å². The van der Waals surface area contributed by atoms with E-state index in [4.69, 9.17) is 22.1 Å². The normalized spacial score (nSPS) is 11.3. The molecule has 2 rings (SSSR count). The average molecular weight is 344 g/mol. The lowest BCUT2D eigenvalue weighted by Gasteiger charge is -2.15. The highest BCUT2D eigenvalue weighted by Gasteiger charge is 2.33. The summed E-state index contributed by atoms with van der Waals surface area (Å²) in [5.41, 5.74) is 3.14. The number of nitrogens with zero attached hydrogens (tertiary/aromatic N) is 1. The van der Waals surface area contributed by atoms with Gasteiger partial charge >= 0.3 is 0 Å². The van der Waals surface area contributed by atoms with Crippen LogP contribution < -0.4 is 16.0 Å². The van der Waals surface area contributed by atoms with Crippen LogP contribution in [0.15, 0.2) is 29.1 Å². The van der Waals surface area contributed by atoms with Crippen molar-refractivity contribution in [3.8, 4) is 11.5 Å². The number of H-pyrrole nitrogens is 1. The summed E-state index contributed by atoms with van der Waals surface area (Å²) in [5, 5.41) is 0.307. The number of carbonyl (C=O) groups is 1. The van der Waals surface area contributed by atoms with Crippen molar-refractivity contribution in [2.45, 2.75) is 19.3 Å². The summed E-state index contributed by atoms with van der Waals surface area (Å²) in [6, 6.07) is 5.89. The molecule has 0 bridgehead atoms. The first-order valence-electron chi connectivity index (χ1n) is 6.40. The van der Waals surface area contributed by atoms with Gasteiger partial charge in [-0.05, 0) is 18.2 Å². The molecule has 23 heavy (non-hydrogen) atoms. The Balaban J connectivity index is 2.53. The van der Waals surface area contributed by atoms with Gasteiger partial charge in [-0.15, -0.1) is 0 Å². The molecule has 0 radical (unpaired) electrons. The Kier molecular flexibility index (Phi) is 4.65. The second-order valence-corrected chi connectivity index (χ2v) is 5.22. The first kappa shape index (κ1) is 16.9. The number of benzene rings is 1. The third kappa shape index (κ3) is 4.26. The molecule has 122 valence electrons. The van der Waals surface area contributed by atoms with Gasteiger partial charge in [0.05, 0.1) is 6.42 Å². The molecule has 0 spiro atoms. The van der Waals surface area contributed by atoms with Crippen molar-refractivity contribution < 1.29 is 18.3 Å². The Bertz CT molecular complexity index is 803. The van der Waals surface area contributed by atoms with E-state index in [2.05, 4.69) is 9.97 Å². The summed E-state index contributed by atoms with van der Waals surface area (Å²) in [6.45, 7) is 0.563. The Morgan fingerprint density at radius 2 is 2.17 bits per heavy atom. The van der Waals surface area contributed by atoms with Gasteiger partial charge in [-0.2, -0.15) is 8.78 Å². The molecule has 1 aromatic heterocycles. The molecule has 0 atom stereocenters. The molecule has 6 nitrogen and oxygen atoms in total. The molecular formula is C14H12ClF2N3O3. The molecule has 0 fully saturated rings. The lowest BCUT2D eigenvalue weighted by atomic mass is 10.2. The third-order valence-electron chi connectivity index (χ3n) is 2.70. The highest BCUT2D eigenvalue weighted by molar-refractivity contribution is 6.30. The van der Waals surface area contributed by atoms with E-state index in [-0.39, 0.29) is 11.6 Å². The molecule has 0 aliphatic heterocycles. The highest BCUT2D eigenvalue weighted by Crippen LogP contribution is 2.33. The number of carbonyl (C=O) groups excluding carboxylic acids is 1. The Hall–Kier alpha value is -2.48. The number of primary amides is 1. The lowest BCUT2D eigenvalue weighted by molar-refractivity contribution is -0.117. The van der Waals surface area contributed by atoms with Gasteiger partial charge in [-0.25, -0.2) is 4.98 Å². The van der Waals surface area contributed by atoms with Gasteiger partial charge < -0.3 is 15.5 Å². The minimum atomic E-state index is -3.46. The zero-order chi connectivity index (χ0) is 17.2. The third-order valence-corrected chi connectivity index (χ3v) is 2.93. The number of halogens is 3. The quantitative estimate of drug-likeness (QED) is 0.870. The van der Waals surface area contributed by atoms with E-state index in [9.17, 15) is 18.4 Å². The van der Waals surface area contributed by atoms with Crippen LogP contribution in [0.2, 0.25) is 5.02 Å². The van der Waals surface area contributed by atoms with Crippen molar-refractivity contribution in [1.82, 2.24) is 9.97 Å². The maximum Gasteiger partial charge on any atom is 0.294 e. The fourth-order valence-corrected chi connectivity index (χ4v) is 1.98. The molecule has 2 aromatic rings. The highest BCUT2D eigenvalue weighted by atomic mass is 35.5. The fourth-order valence-electron chi connectivity index (χ4n) is 1.80. The molecule has 1 amide bonds. The number of alkyl halides is 2. The summed E-state index contributed by atoms with van der Waals surface area (Å²) in [5.74, 6) is -5.13. The van der Waals surface area contributed by atoms with Crippen LogP contribution in [0.25, 0.3) is 0 Å². The van der Waals surface area contributed by atoms with Crippen molar-refractivity contribution >= 4 is 17.5 Å². The van der Waals surface area contributed by atoms with E-state index in [1.54, 1.807) is 6.07 Å². The Morgan fingerprint density at radius 3 is 2.74 bits per heavy atom. The largest absolute Gasteiger partial charge is 0.449 e. The second kappa shape index (κ2) is 6.33. The lowest BCUT2D eigenvalue weighted by Crippen LogP contribution is -2.25. The van der Waals surface area contributed by atoms with E-state index in [1.807, 2.05) is 0 Å². The van der Waals surface area contributed by atoms with Crippen molar-refractivity contribution in [3.63, 3.8) is 0 Å². The number of hydrogen-bond donors (Lipinski definition) is 2. The number of ether oxygens (including phenoxy) is 1. The minimum absolute atomic E-state index is 0.0953. The summed E-state index contributed by atoms with van der Waals surface area (Å²) < 4.78 is 32.7. The topological polar surface area (TPSA) is 98.1 Å². The zero-order valence-electron chi connectivity index (χ0n) is 11.9. The van der Waals surface area contributed by atoms with Crippen molar-refractivity contribution in [2.75, 3.05) is 0 Å². The Morgan fingerprint density at radius 1 is 1.48 bits per heavy atom. The smallest absolute Gasteiger partial charge is 0.294 e. The van der Waals surface area contributed by atoms with Crippen molar-refractivity contribution in [2.24, 2.45) is 5.73 Å². The number of nitrogens with two attached hydrogens (primary N) is 1. The molecule has 9 heteroatoms. The maximum atomic E-state index is 13.8. The van der Waals surface area contributed by atoms with Crippen LogP contribution in [0.1, 0.15) is 18.4 Å². The van der Waals surface area contributed by atoms with Crippen LogP contribution in [0.5, 0.6) is 11.5 Å². The monoisotopic (exact) mass is 343 g/mol. The zero-order valence-corrected chi connectivity index (χ0v) is 12.7. The standard InChI is InChI=1S/C14H12ClF2N3O3/c1-14(16,17)12-11(23-8-4-2-3-7(15)5-8)13(22)20-10(19-12)6-9(18)21/h2-5H,6H2,1H3,(H2,18,21)(H,19,20,22). The number of amides is 1. The first-order chi connectivity index (χ1) is 10.7. The average Bonchev–Trinajstić information content (AvgIpc) is 2.39. The summed E-state index contributed by atoms with van der Waals surface area (Å²) >= 11 is 5.78. The number of aromatic nitrogens is 2. The summed E-state index contributed by atoms with van der Waals surface area (Å²) in [4.78, 5) is 28.7. The van der Waals surface area contributed by atoms with Gasteiger partial charge in [-0.1, -0.05) is 17.7 Å². The predicted molar refractivity (Wildman–Crippen MR) is 78.9 cm³/mol. The van der Waals surface area contributed by atoms with Crippen molar-refractivity contribution in [3.05, 3.63) is 51.2 Å². The van der Waals surface area contributed by atoms with Gasteiger partial charge in [0.25, 0.3) is 11.5 Å². The van der Waals surface area contributed by atoms with Crippen LogP contribution in [0, 0.1) is 0 Å². The summed E-state index contributed by atoms with van der Waals surface area (Å²) in [7, 11) is 0. The van der Waals surface area contributed by atoms with Gasteiger partial charge in [-0.3, -0.25) is 9.59 Å². The van der Waals surface area contributed by atoms with E-state index < -0.39 is 35.3 Å². The van der Waals surface area contributed by atoms with E-state index in [0.29, 0.717) is 11.9 Å². The SMILES string of the molecule is CC(F)(F)c1nc(CC(N)=O)[nH]c(=O)c1Oc1cccc(Cl)c1. The molecule has 0 aliphatic rings. The molecule has 0 saturated carbocycles. The molecule has 1 heterocycles. The fraction of sp³-hybridized carbons (Fsp3) is 0.214. The summed E-state index contributed by atoms with van der Waals surface area (Å²) in [6.07, 6.45) is -0.476. The molecule has 0 unspecified atom stereocenters. The van der Waals surface area contributed by atoms with Crippen LogP contribution in [-0.2, 0) is 17.1 Å². The van der Waals surface area contributed by atoms with Crippen LogP contribution in [0.4, 0.5) is 8.78 Å². The Labute approximate surface area is 134 Å². The molecule has 1 aromatic carbocycles. The van der Waals surface area contributed by atoms with Crippen molar-refractivity contribution in [1.29, 1.82) is 0 Å². The van der Waals surface area contributed by atoms with Crippen LogP contribution in [-0.4, -0.2) is 15.9 Å². The van der Waals surface area contributed by atoms with Gasteiger partial charge in [0, 0.05) is 11.9 Å². The number of hydrogen-bond acceptors (Lipinski definition) is 4. The van der Waals surface area contributed by atoms with Gasteiger partial charge in [0.15, 0.2) is 5.69 Å². The number of nitrogens with one attached hydrogen (secondary N) is 1. The van der Waals surface area contributed by atoms with Gasteiger partial charge in [0.2, 0.25) is 11.7 Å². The first-order valence-corrected chi connectivity index (χ1v) is 6.78. The molecular weight excluding hydrogens is 332 g/mol. The molecule has 0 aliphatic carbocycles. The minimum Gasteiger partial charge on any atom is -0.449 e. The van der Waals surface area contributed by atoms with Crippen LogP contribution >= 0.6 is 11.6 Å². The molecule has 0 saturated heterocycles. The number of aromatic amines is 1. The van der Waals surface area contributed by atoms with E-state index >= 15 is 0 Å². The van der Waals surface area contributed by atoms with E-state index in [1.165, 1.54) is 18.2 Å². The predicted octanol–water partition coefficient (Wildman–Crippen LogP) is 2.36. The molecule has 3 N–H and O–H groups in total. The maximum absolute atomic E-state index is 13.8. The second-order valence-electron chi connectivity index (χ2n) is 4.78. The van der Waals surface area contributed by atoms with Crippen LogP contribution in [0.3, 0.4) is 0 Å². The van der Waals surface area contributed by atoms with E-state index in [0.717, 1.165) is 0 Å². The number of rotatable bonds is 5.